The molecule has 20 heavy (non-hydrogen) atoms. The molecule has 0 aliphatic carbocycles. The Kier molecular flexibility index (Phi) is 5.67. The third-order valence-corrected chi connectivity index (χ3v) is 3.30. The molecule has 0 saturated carbocycles. The number of unbranched alkanes of at least 4 members (excludes halogenated alkanes) is 1. The van der Waals surface area contributed by atoms with Crippen molar-refractivity contribution in [3.63, 3.8) is 0 Å². The Balaban J connectivity index is 1.58. The van der Waals surface area contributed by atoms with Crippen LogP contribution in [0.1, 0.15) is 26.7 Å². The highest BCUT2D eigenvalue weighted by Crippen LogP contribution is 2.11. The van der Waals surface area contributed by atoms with Crippen molar-refractivity contribution in [2.45, 2.75) is 38.9 Å². The summed E-state index contributed by atoms with van der Waals surface area (Å²) >= 11 is 0. The average molecular weight is 282 g/mol. The standard InChI is InChI=1S/C14H23FN4O/c1-11-9-19(10-12(2)20-11)6-4-3-5-16-14-17-7-13(15)8-18-14/h7-8,11-12H,3-6,9-10H2,1-2H3,(H,16,17,18)/t11-,12+. The van der Waals surface area contributed by atoms with Gasteiger partial charge < -0.3 is 10.1 Å². The van der Waals surface area contributed by atoms with Crippen molar-refractivity contribution < 1.29 is 9.13 Å². The fourth-order valence-electron chi connectivity index (χ4n) is 2.53. The van der Waals surface area contributed by atoms with Gasteiger partial charge in [0.2, 0.25) is 5.95 Å². The second-order valence-electron chi connectivity index (χ2n) is 5.38. The molecule has 1 aromatic rings. The summed E-state index contributed by atoms with van der Waals surface area (Å²) in [5, 5.41) is 3.10. The average Bonchev–Trinajstić information content (AvgIpc) is 2.39. The molecule has 0 spiro atoms. The van der Waals surface area contributed by atoms with Gasteiger partial charge in [-0.15, -0.1) is 0 Å². The Morgan fingerprint density at radius 1 is 1.25 bits per heavy atom. The van der Waals surface area contributed by atoms with Crippen molar-refractivity contribution in [1.82, 2.24) is 14.9 Å². The number of halogens is 1. The highest BCUT2D eigenvalue weighted by molar-refractivity contribution is 5.21. The van der Waals surface area contributed by atoms with E-state index in [0.29, 0.717) is 18.2 Å². The normalized spacial score (nSPS) is 23.8. The predicted octanol–water partition coefficient (Wildman–Crippen LogP) is 1.92. The number of hydrogen-bond donors (Lipinski definition) is 1. The number of hydrogen-bond acceptors (Lipinski definition) is 5. The van der Waals surface area contributed by atoms with Crippen molar-refractivity contribution in [1.29, 1.82) is 0 Å². The molecule has 2 heterocycles. The zero-order valence-electron chi connectivity index (χ0n) is 12.2. The van der Waals surface area contributed by atoms with Crippen LogP contribution in [0.4, 0.5) is 10.3 Å². The van der Waals surface area contributed by atoms with Crippen LogP contribution in [0.3, 0.4) is 0 Å². The predicted molar refractivity (Wildman–Crippen MR) is 76.2 cm³/mol. The molecule has 1 aliphatic heterocycles. The van der Waals surface area contributed by atoms with E-state index in [2.05, 4.69) is 34.0 Å². The lowest BCUT2D eigenvalue weighted by Crippen LogP contribution is -2.45. The van der Waals surface area contributed by atoms with Gasteiger partial charge in [0.05, 0.1) is 24.6 Å². The number of rotatable bonds is 6. The SMILES string of the molecule is C[C@@H]1CN(CCCCNc2ncc(F)cn2)C[C@H](C)O1. The molecular weight excluding hydrogens is 259 g/mol. The summed E-state index contributed by atoms with van der Waals surface area (Å²) < 4.78 is 18.3. The monoisotopic (exact) mass is 282 g/mol. The second-order valence-corrected chi connectivity index (χ2v) is 5.38. The van der Waals surface area contributed by atoms with E-state index in [4.69, 9.17) is 4.74 Å². The first-order valence-electron chi connectivity index (χ1n) is 7.22. The number of nitrogens with zero attached hydrogens (tertiary/aromatic N) is 3. The molecule has 0 radical (unpaired) electrons. The van der Waals surface area contributed by atoms with E-state index in [-0.39, 0.29) is 0 Å². The summed E-state index contributed by atoms with van der Waals surface area (Å²) in [7, 11) is 0. The van der Waals surface area contributed by atoms with Crippen LogP contribution in [-0.2, 0) is 4.74 Å². The minimum atomic E-state index is -0.411. The van der Waals surface area contributed by atoms with E-state index in [1.54, 1.807) is 0 Å². The van der Waals surface area contributed by atoms with E-state index >= 15 is 0 Å². The number of ether oxygens (including phenoxy) is 1. The number of nitrogens with one attached hydrogen (secondary N) is 1. The lowest BCUT2D eigenvalue weighted by molar-refractivity contribution is -0.0681. The third kappa shape index (κ3) is 5.02. The highest BCUT2D eigenvalue weighted by atomic mass is 19.1. The molecule has 5 nitrogen and oxygen atoms in total. The van der Waals surface area contributed by atoms with Gasteiger partial charge in [0.25, 0.3) is 0 Å². The Morgan fingerprint density at radius 2 is 1.90 bits per heavy atom. The zero-order chi connectivity index (χ0) is 14.4. The molecule has 1 aromatic heterocycles. The summed E-state index contributed by atoms with van der Waals surface area (Å²) in [6, 6.07) is 0. The quantitative estimate of drug-likeness (QED) is 0.808. The van der Waals surface area contributed by atoms with E-state index in [1.165, 1.54) is 12.4 Å². The van der Waals surface area contributed by atoms with Gasteiger partial charge in [-0.2, -0.15) is 0 Å². The van der Waals surface area contributed by atoms with Crippen molar-refractivity contribution in [2.75, 3.05) is 31.5 Å². The lowest BCUT2D eigenvalue weighted by Gasteiger charge is -2.35. The maximum atomic E-state index is 12.6. The van der Waals surface area contributed by atoms with E-state index < -0.39 is 5.82 Å². The molecule has 2 rings (SSSR count). The Morgan fingerprint density at radius 3 is 2.55 bits per heavy atom. The summed E-state index contributed by atoms with van der Waals surface area (Å²) in [6.07, 6.45) is 5.15. The van der Waals surface area contributed by atoms with Crippen LogP contribution in [0.5, 0.6) is 0 Å². The molecule has 112 valence electrons. The first-order valence-corrected chi connectivity index (χ1v) is 7.22. The fraction of sp³-hybridized carbons (Fsp3) is 0.714. The maximum Gasteiger partial charge on any atom is 0.222 e. The Hall–Kier alpha value is -1.27. The van der Waals surface area contributed by atoms with Gasteiger partial charge in [-0.05, 0) is 33.2 Å². The first kappa shape index (κ1) is 15.1. The van der Waals surface area contributed by atoms with Gasteiger partial charge in [0.15, 0.2) is 5.82 Å². The van der Waals surface area contributed by atoms with Gasteiger partial charge in [-0.25, -0.2) is 14.4 Å². The van der Waals surface area contributed by atoms with Gasteiger partial charge in [0.1, 0.15) is 0 Å². The zero-order valence-corrected chi connectivity index (χ0v) is 12.2. The van der Waals surface area contributed by atoms with E-state index in [0.717, 1.165) is 39.0 Å². The summed E-state index contributed by atoms with van der Waals surface area (Å²) in [5.74, 6) is 0.0751. The van der Waals surface area contributed by atoms with Crippen LogP contribution in [-0.4, -0.2) is 53.3 Å². The molecule has 0 bridgehead atoms. The van der Waals surface area contributed by atoms with Crippen molar-refractivity contribution in [2.24, 2.45) is 0 Å². The number of anilines is 1. The molecule has 1 aliphatic rings. The topological polar surface area (TPSA) is 50.3 Å². The van der Waals surface area contributed by atoms with Gasteiger partial charge in [0, 0.05) is 19.6 Å². The molecule has 0 unspecified atom stereocenters. The van der Waals surface area contributed by atoms with Gasteiger partial charge >= 0.3 is 0 Å². The van der Waals surface area contributed by atoms with Crippen LogP contribution in [0.25, 0.3) is 0 Å². The van der Waals surface area contributed by atoms with Gasteiger partial charge in [-0.3, -0.25) is 4.90 Å². The number of aromatic nitrogens is 2. The fourth-order valence-corrected chi connectivity index (χ4v) is 2.53. The third-order valence-electron chi connectivity index (χ3n) is 3.30. The summed E-state index contributed by atoms with van der Waals surface area (Å²) in [5.41, 5.74) is 0. The Labute approximate surface area is 119 Å². The summed E-state index contributed by atoms with van der Waals surface area (Å²) in [4.78, 5) is 10.2. The minimum absolute atomic E-state index is 0.324. The molecular formula is C14H23FN4O. The molecule has 1 saturated heterocycles. The minimum Gasteiger partial charge on any atom is -0.373 e. The molecule has 1 N–H and O–H groups in total. The van der Waals surface area contributed by atoms with Crippen LogP contribution >= 0.6 is 0 Å². The maximum absolute atomic E-state index is 12.6. The van der Waals surface area contributed by atoms with Crippen LogP contribution in [0, 0.1) is 5.82 Å². The summed E-state index contributed by atoms with van der Waals surface area (Å²) in [6.45, 7) is 8.16. The van der Waals surface area contributed by atoms with Crippen molar-refractivity contribution in [3.05, 3.63) is 18.2 Å². The number of morpholine rings is 1. The van der Waals surface area contributed by atoms with Crippen LogP contribution < -0.4 is 5.32 Å². The smallest absolute Gasteiger partial charge is 0.222 e. The van der Waals surface area contributed by atoms with Crippen molar-refractivity contribution >= 4 is 5.95 Å². The van der Waals surface area contributed by atoms with Gasteiger partial charge in [-0.1, -0.05) is 0 Å². The van der Waals surface area contributed by atoms with E-state index in [9.17, 15) is 4.39 Å². The van der Waals surface area contributed by atoms with E-state index in [1.807, 2.05) is 0 Å². The molecule has 0 amide bonds. The Bertz CT molecular complexity index is 391. The van der Waals surface area contributed by atoms with Crippen molar-refractivity contribution in [3.8, 4) is 0 Å². The highest BCUT2D eigenvalue weighted by Gasteiger charge is 2.21. The largest absolute Gasteiger partial charge is 0.373 e. The lowest BCUT2D eigenvalue weighted by atomic mass is 10.2. The molecule has 2 atom stereocenters. The second kappa shape index (κ2) is 7.50. The molecule has 1 fully saturated rings. The first-order chi connectivity index (χ1) is 9.63. The van der Waals surface area contributed by atoms with Crippen LogP contribution in [0.2, 0.25) is 0 Å². The molecule has 6 heteroatoms. The van der Waals surface area contributed by atoms with Crippen LogP contribution in [0.15, 0.2) is 12.4 Å². The molecule has 0 aromatic carbocycles.